The molecule has 2 aromatic rings. The summed E-state index contributed by atoms with van der Waals surface area (Å²) in [6, 6.07) is 3.57. The van der Waals surface area contributed by atoms with E-state index in [2.05, 4.69) is 19.7 Å². The van der Waals surface area contributed by atoms with Gasteiger partial charge in [0.05, 0.1) is 11.1 Å². The quantitative estimate of drug-likeness (QED) is 0.897. The zero-order valence-electron chi connectivity index (χ0n) is 10.9. The van der Waals surface area contributed by atoms with E-state index in [1.54, 1.807) is 33.0 Å². The summed E-state index contributed by atoms with van der Waals surface area (Å²) >= 11 is 0. The number of aryl methyl sites for hydroxylation is 2. The SMILES string of the molecule is CNc1cc(C)c(S(=O)(=O)Nc2cnoc2)c(C)c1. The number of hydrogen-bond donors (Lipinski definition) is 2. The maximum Gasteiger partial charge on any atom is 0.262 e. The van der Waals surface area contributed by atoms with Gasteiger partial charge in [-0.15, -0.1) is 0 Å². The fraction of sp³-hybridized carbons (Fsp3) is 0.250. The summed E-state index contributed by atoms with van der Waals surface area (Å²) in [6.07, 6.45) is 2.55. The number of hydrogen-bond acceptors (Lipinski definition) is 5. The Kier molecular flexibility index (Phi) is 3.48. The predicted octanol–water partition coefficient (Wildman–Crippen LogP) is 2.13. The van der Waals surface area contributed by atoms with Crippen LogP contribution in [0.25, 0.3) is 0 Å². The van der Waals surface area contributed by atoms with Crippen molar-refractivity contribution in [2.75, 3.05) is 17.1 Å². The van der Waals surface area contributed by atoms with Crippen LogP contribution >= 0.6 is 0 Å². The van der Waals surface area contributed by atoms with Crippen LogP contribution in [0.15, 0.2) is 34.0 Å². The minimum atomic E-state index is -3.65. The average molecular weight is 281 g/mol. The summed E-state index contributed by atoms with van der Waals surface area (Å²) in [5, 5.41) is 6.45. The second-order valence-corrected chi connectivity index (χ2v) is 5.83. The number of anilines is 2. The third-order valence-corrected chi connectivity index (χ3v) is 4.39. The number of nitrogens with zero attached hydrogens (tertiary/aromatic N) is 1. The van der Waals surface area contributed by atoms with Crippen LogP contribution in [0.5, 0.6) is 0 Å². The number of aromatic nitrogens is 1. The summed E-state index contributed by atoms with van der Waals surface area (Å²) in [5.74, 6) is 0. The Balaban J connectivity index is 2.46. The van der Waals surface area contributed by atoms with Gasteiger partial charge in [-0.25, -0.2) is 8.42 Å². The van der Waals surface area contributed by atoms with E-state index < -0.39 is 10.0 Å². The zero-order chi connectivity index (χ0) is 14.0. The van der Waals surface area contributed by atoms with Crippen LogP contribution in [0.1, 0.15) is 11.1 Å². The molecule has 2 N–H and O–H groups in total. The van der Waals surface area contributed by atoms with E-state index in [-0.39, 0.29) is 4.90 Å². The normalized spacial score (nSPS) is 11.3. The summed E-state index contributed by atoms with van der Waals surface area (Å²) in [6.45, 7) is 3.52. The molecule has 1 aromatic carbocycles. The van der Waals surface area contributed by atoms with Gasteiger partial charge in [-0.2, -0.15) is 0 Å². The minimum absolute atomic E-state index is 0.271. The molecule has 0 saturated heterocycles. The van der Waals surface area contributed by atoms with Crippen molar-refractivity contribution in [2.24, 2.45) is 0 Å². The van der Waals surface area contributed by atoms with E-state index in [1.807, 2.05) is 0 Å². The van der Waals surface area contributed by atoms with Crippen LogP contribution in [0.3, 0.4) is 0 Å². The maximum atomic E-state index is 12.3. The average Bonchev–Trinajstić information content (AvgIpc) is 2.79. The van der Waals surface area contributed by atoms with Crippen LogP contribution in [0, 0.1) is 13.8 Å². The first-order valence-electron chi connectivity index (χ1n) is 5.65. The molecular formula is C12H15N3O3S. The number of sulfonamides is 1. The molecule has 1 heterocycles. The first-order chi connectivity index (χ1) is 8.94. The van der Waals surface area contributed by atoms with Crippen molar-refractivity contribution >= 4 is 21.4 Å². The van der Waals surface area contributed by atoms with Crippen molar-refractivity contribution in [3.63, 3.8) is 0 Å². The molecule has 0 aliphatic carbocycles. The molecule has 6 nitrogen and oxygen atoms in total. The van der Waals surface area contributed by atoms with Crippen molar-refractivity contribution in [1.29, 1.82) is 0 Å². The van der Waals surface area contributed by atoms with Gasteiger partial charge in [0.1, 0.15) is 12.0 Å². The van der Waals surface area contributed by atoms with Crippen molar-refractivity contribution < 1.29 is 12.9 Å². The molecule has 0 atom stereocenters. The topological polar surface area (TPSA) is 84.2 Å². The Morgan fingerprint density at radius 2 is 1.79 bits per heavy atom. The van der Waals surface area contributed by atoms with E-state index in [1.165, 1.54) is 12.5 Å². The highest BCUT2D eigenvalue weighted by molar-refractivity contribution is 7.92. The molecule has 0 bridgehead atoms. The smallest absolute Gasteiger partial charge is 0.262 e. The third-order valence-electron chi connectivity index (χ3n) is 2.70. The van der Waals surface area contributed by atoms with Gasteiger partial charge >= 0.3 is 0 Å². The fourth-order valence-electron chi connectivity index (χ4n) is 1.98. The molecule has 0 saturated carbocycles. The Bertz CT molecular complexity index is 655. The molecule has 19 heavy (non-hydrogen) atoms. The van der Waals surface area contributed by atoms with E-state index >= 15 is 0 Å². The first kappa shape index (κ1) is 13.4. The van der Waals surface area contributed by atoms with Gasteiger partial charge in [-0.05, 0) is 37.1 Å². The zero-order valence-corrected chi connectivity index (χ0v) is 11.7. The number of rotatable bonds is 4. The van der Waals surface area contributed by atoms with Crippen LogP contribution in [0.2, 0.25) is 0 Å². The van der Waals surface area contributed by atoms with Gasteiger partial charge in [0.25, 0.3) is 10.0 Å². The highest BCUT2D eigenvalue weighted by atomic mass is 32.2. The highest BCUT2D eigenvalue weighted by Gasteiger charge is 2.20. The van der Waals surface area contributed by atoms with Crippen LogP contribution in [0.4, 0.5) is 11.4 Å². The van der Waals surface area contributed by atoms with E-state index in [0.717, 1.165) is 5.69 Å². The number of benzene rings is 1. The van der Waals surface area contributed by atoms with Gasteiger partial charge in [0.2, 0.25) is 0 Å². The summed E-state index contributed by atoms with van der Waals surface area (Å²) < 4.78 is 31.7. The lowest BCUT2D eigenvalue weighted by Gasteiger charge is -2.13. The van der Waals surface area contributed by atoms with E-state index in [4.69, 9.17) is 0 Å². The molecule has 0 radical (unpaired) electrons. The molecule has 0 spiro atoms. The Labute approximate surface area is 111 Å². The molecule has 102 valence electrons. The van der Waals surface area contributed by atoms with Crippen LogP contribution < -0.4 is 10.0 Å². The standard InChI is InChI=1S/C12H15N3O3S/c1-8-4-10(13-3)5-9(2)12(8)19(16,17)15-11-6-14-18-7-11/h4-7,13,15H,1-3H3. The van der Waals surface area contributed by atoms with Gasteiger partial charge in [0, 0.05) is 12.7 Å². The van der Waals surface area contributed by atoms with Gasteiger partial charge in [-0.1, -0.05) is 5.16 Å². The predicted molar refractivity (Wildman–Crippen MR) is 72.8 cm³/mol. The highest BCUT2D eigenvalue weighted by Crippen LogP contribution is 2.26. The lowest BCUT2D eigenvalue weighted by Crippen LogP contribution is -2.15. The molecular weight excluding hydrogens is 266 g/mol. The van der Waals surface area contributed by atoms with Gasteiger partial charge < -0.3 is 9.84 Å². The van der Waals surface area contributed by atoms with Crippen LogP contribution in [-0.4, -0.2) is 20.6 Å². The molecule has 0 aliphatic rings. The first-order valence-corrected chi connectivity index (χ1v) is 7.13. The largest absolute Gasteiger partial charge is 0.388 e. The van der Waals surface area contributed by atoms with Crippen molar-refractivity contribution in [1.82, 2.24) is 5.16 Å². The van der Waals surface area contributed by atoms with Crippen molar-refractivity contribution in [2.45, 2.75) is 18.7 Å². The minimum Gasteiger partial charge on any atom is -0.388 e. The van der Waals surface area contributed by atoms with Crippen molar-refractivity contribution in [3.8, 4) is 0 Å². The van der Waals surface area contributed by atoms with E-state index in [0.29, 0.717) is 16.8 Å². The lowest BCUT2D eigenvalue weighted by molar-refractivity contribution is 0.420. The van der Waals surface area contributed by atoms with Crippen molar-refractivity contribution in [3.05, 3.63) is 35.7 Å². The second kappa shape index (κ2) is 4.93. The third kappa shape index (κ3) is 2.70. The second-order valence-electron chi connectivity index (χ2n) is 4.21. The van der Waals surface area contributed by atoms with Crippen LogP contribution in [-0.2, 0) is 10.0 Å². The molecule has 1 aromatic heterocycles. The summed E-state index contributed by atoms with van der Waals surface area (Å²) in [7, 11) is -1.86. The fourth-order valence-corrected chi connectivity index (χ4v) is 3.46. The maximum absolute atomic E-state index is 12.3. The lowest BCUT2D eigenvalue weighted by atomic mass is 10.1. The Morgan fingerprint density at radius 3 is 2.26 bits per heavy atom. The molecule has 0 fully saturated rings. The number of nitrogens with one attached hydrogen (secondary N) is 2. The molecule has 0 aliphatic heterocycles. The summed E-state index contributed by atoms with van der Waals surface area (Å²) in [5.41, 5.74) is 2.53. The van der Waals surface area contributed by atoms with Gasteiger partial charge in [-0.3, -0.25) is 4.72 Å². The molecule has 0 unspecified atom stereocenters. The Hall–Kier alpha value is -2.02. The molecule has 7 heteroatoms. The van der Waals surface area contributed by atoms with Gasteiger partial charge in [0.15, 0.2) is 0 Å². The molecule has 2 rings (SSSR count). The van der Waals surface area contributed by atoms with E-state index in [9.17, 15) is 8.42 Å². The monoisotopic (exact) mass is 281 g/mol. The molecule has 0 amide bonds. The Morgan fingerprint density at radius 1 is 1.16 bits per heavy atom. The summed E-state index contributed by atoms with van der Waals surface area (Å²) in [4.78, 5) is 0.271.